The fourth-order valence-corrected chi connectivity index (χ4v) is 3.66. The Morgan fingerprint density at radius 1 is 1.64 bits per heavy atom. The number of hydrogen-bond acceptors (Lipinski definition) is 2. The average Bonchev–Trinajstić information content (AvgIpc) is 2.28. The molecule has 0 spiro atoms. The Balaban J connectivity index is 3.02. The molecule has 60 valence electrons. The maximum Gasteiger partial charge on any atom is 0.0761 e. The molecular formula is C7H7Br2NS. The highest BCUT2D eigenvalue weighted by Gasteiger charge is 2.09. The first-order chi connectivity index (χ1) is 5.15. The van der Waals surface area contributed by atoms with E-state index < -0.39 is 0 Å². The van der Waals surface area contributed by atoms with Crippen molar-refractivity contribution in [3.63, 3.8) is 0 Å². The molecular weight excluding hydrogens is 290 g/mol. The molecule has 4 heteroatoms. The quantitative estimate of drug-likeness (QED) is 0.831. The summed E-state index contributed by atoms with van der Waals surface area (Å²) in [5, 5.41) is 0. The van der Waals surface area contributed by atoms with E-state index in [2.05, 4.69) is 38.4 Å². The van der Waals surface area contributed by atoms with E-state index in [1.807, 2.05) is 6.07 Å². The lowest BCUT2D eigenvalue weighted by molar-refractivity contribution is 0.915. The van der Waals surface area contributed by atoms with E-state index in [9.17, 15) is 0 Å². The van der Waals surface area contributed by atoms with Crippen molar-refractivity contribution in [1.82, 2.24) is 0 Å². The molecule has 1 aromatic rings. The summed E-state index contributed by atoms with van der Waals surface area (Å²) >= 11 is 8.42. The van der Waals surface area contributed by atoms with Gasteiger partial charge in [0.1, 0.15) is 0 Å². The molecule has 0 bridgehead atoms. The minimum atomic E-state index is -0.0769. The Bertz CT molecular complexity index is 269. The summed E-state index contributed by atoms with van der Waals surface area (Å²) in [7, 11) is 0. The van der Waals surface area contributed by atoms with Gasteiger partial charge in [-0.15, -0.1) is 17.9 Å². The Morgan fingerprint density at radius 3 is 2.64 bits per heavy atom. The van der Waals surface area contributed by atoms with Crippen molar-refractivity contribution in [3.05, 3.63) is 31.9 Å². The summed E-state index contributed by atoms with van der Waals surface area (Å²) in [6.45, 7) is 3.63. The van der Waals surface area contributed by atoms with Gasteiger partial charge < -0.3 is 5.73 Å². The van der Waals surface area contributed by atoms with Gasteiger partial charge in [-0.3, -0.25) is 0 Å². The van der Waals surface area contributed by atoms with Crippen molar-refractivity contribution in [2.24, 2.45) is 5.73 Å². The van der Waals surface area contributed by atoms with Crippen LogP contribution in [0.1, 0.15) is 11.6 Å². The molecule has 0 amide bonds. The predicted molar refractivity (Wildman–Crippen MR) is 56.8 cm³/mol. The van der Waals surface area contributed by atoms with Crippen LogP contribution < -0.4 is 5.73 Å². The van der Waals surface area contributed by atoms with Crippen LogP contribution in [-0.2, 0) is 0 Å². The SMILES string of the molecule is C=CC(N)c1cc(Br)sc1Br. The first-order valence-corrected chi connectivity index (χ1v) is 5.38. The molecule has 11 heavy (non-hydrogen) atoms. The van der Waals surface area contributed by atoms with Crippen LogP contribution in [0.5, 0.6) is 0 Å². The van der Waals surface area contributed by atoms with Crippen LogP contribution in [0.3, 0.4) is 0 Å². The van der Waals surface area contributed by atoms with E-state index in [4.69, 9.17) is 5.73 Å². The van der Waals surface area contributed by atoms with Crippen LogP contribution in [0.4, 0.5) is 0 Å². The van der Waals surface area contributed by atoms with Gasteiger partial charge in [0, 0.05) is 6.04 Å². The van der Waals surface area contributed by atoms with Gasteiger partial charge in [0.15, 0.2) is 0 Å². The largest absolute Gasteiger partial charge is 0.321 e. The van der Waals surface area contributed by atoms with Gasteiger partial charge in [-0.25, -0.2) is 0 Å². The summed E-state index contributed by atoms with van der Waals surface area (Å²) < 4.78 is 2.15. The molecule has 1 rings (SSSR count). The average molecular weight is 297 g/mol. The second kappa shape index (κ2) is 3.85. The summed E-state index contributed by atoms with van der Waals surface area (Å²) in [6.07, 6.45) is 1.72. The zero-order chi connectivity index (χ0) is 8.43. The fraction of sp³-hybridized carbons (Fsp3) is 0.143. The molecule has 0 saturated heterocycles. The third-order valence-corrected chi connectivity index (χ3v) is 3.68. The van der Waals surface area contributed by atoms with Gasteiger partial charge in [-0.2, -0.15) is 0 Å². The smallest absolute Gasteiger partial charge is 0.0761 e. The Labute approximate surface area is 86.6 Å². The Kier molecular flexibility index (Phi) is 3.30. The lowest BCUT2D eigenvalue weighted by Crippen LogP contribution is -2.05. The Hall–Kier alpha value is 0.360. The topological polar surface area (TPSA) is 26.0 Å². The maximum absolute atomic E-state index is 5.75. The number of nitrogens with two attached hydrogens (primary N) is 1. The van der Waals surface area contributed by atoms with Crippen molar-refractivity contribution in [2.45, 2.75) is 6.04 Å². The minimum absolute atomic E-state index is 0.0769. The van der Waals surface area contributed by atoms with Gasteiger partial charge in [-0.1, -0.05) is 6.08 Å². The third-order valence-electron chi connectivity index (χ3n) is 1.30. The fourth-order valence-electron chi connectivity index (χ4n) is 0.707. The number of thiophene rings is 1. The lowest BCUT2D eigenvalue weighted by atomic mass is 10.2. The first kappa shape index (κ1) is 9.45. The summed E-state index contributed by atoms with van der Waals surface area (Å²) in [5.74, 6) is 0. The minimum Gasteiger partial charge on any atom is -0.321 e. The first-order valence-electron chi connectivity index (χ1n) is 2.98. The monoisotopic (exact) mass is 295 g/mol. The molecule has 2 N–H and O–H groups in total. The van der Waals surface area contributed by atoms with Crippen LogP contribution in [-0.4, -0.2) is 0 Å². The van der Waals surface area contributed by atoms with Gasteiger partial charge in [-0.05, 0) is 43.5 Å². The van der Waals surface area contributed by atoms with E-state index >= 15 is 0 Å². The van der Waals surface area contributed by atoms with E-state index in [1.165, 1.54) is 0 Å². The number of hydrogen-bond donors (Lipinski definition) is 1. The lowest BCUT2D eigenvalue weighted by Gasteiger charge is -2.02. The van der Waals surface area contributed by atoms with Crippen LogP contribution in [0.2, 0.25) is 0 Å². The molecule has 0 saturated carbocycles. The molecule has 1 unspecified atom stereocenters. The predicted octanol–water partition coefficient (Wildman–Crippen LogP) is 3.46. The van der Waals surface area contributed by atoms with Crippen LogP contribution in [0.15, 0.2) is 26.3 Å². The highest BCUT2D eigenvalue weighted by molar-refractivity contribution is 9.12. The summed E-state index contributed by atoms with van der Waals surface area (Å²) in [4.78, 5) is 0. The summed E-state index contributed by atoms with van der Waals surface area (Å²) in [6, 6.07) is 1.92. The zero-order valence-corrected chi connectivity index (χ0v) is 9.67. The van der Waals surface area contributed by atoms with Crippen LogP contribution >= 0.6 is 43.2 Å². The second-order valence-electron chi connectivity index (χ2n) is 2.04. The molecule has 1 heterocycles. The normalized spacial score (nSPS) is 13.0. The van der Waals surface area contributed by atoms with E-state index in [1.54, 1.807) is 17.4 Å². The highest BCUT2D eigenvalue weighted by atomic mass is 79.9. The molecule has 0 fully saturated rings. The molecule has 1 nitrogen and oxygen atoms in total. The van der Waals surface area contributed by atoms with Gasteiger partial charge >= 0.3 is 0 Å². The van der Waals surface area contributed by atoms with Crippen molar-refractivity contribution in [2.75, 3.05) is 0 Å². The van der Waals surface area contributed by atoms with E-state index in [0.29, 0.717) is 0 Å². The zero-order valence-electron chi connectivity index (χ0n) is 5.68. The molecule has 1 aromatic heterocycles. The van der Waals surface area contributed by atoms with Gasteiger partial charge in [0.25, 0.3) is 0 Å². The van der Waals surface area contributed by atoms with Gasteiger partial charge in [0.2, 0.25) is 0 Å². The van der Waals surface area contributed by atoms with E-state index in [-0.39, 0.29) is 6.04 Å². The van der Waals surface area contributed by atoms with Gasteiger partial charge in [0.05, 0.1) is 7.57 Å². The molecule has 0 aromatic carbocycles. The number of rotatable bonds is 2. The molecule has 0 aliphatic rings. The molecule has 0 aliphatic heterocycles. The standard InChI is InChI=1S/C7H7Br2NS/c1-2-5(10)4-3-6(8)11-7(4)9/h2-3,5H,1,10H2. The highest BCUT2D eigenvalue weighted by Crippen LogP contribution is 2.34. The number of halogens is 2. The molecule has 0 aliphatic carbocycles. The Morgan fingerprint density at radius 2 is 2.27 bits per heavy atom. The van der Waals surface area contributed by atoms with Crippen LogP contribution in [0, 0.1) is 0 Å². The van der Waals surface area contributed by atoms with Crippen LogP contribution in [0.25, 0.3) is 0 Å². The molecule has 1 atom stereocenters. The molecule has 0 radical (unpaired) electrons. The van der Waals surface area contributed by atoms with Crippen molar-refractivity contribution in [1.29, 1.82) is 0 Å². The van der Waals surface area contributed by atoms with E-state index in [0.717, 1.165) is 13.1 Å². The van der Waals surface area contributed by atoms with Crippen molar-refractivity contribution < 1.29 is 0 Å². The summed E-state index contributed by atoms with van der Waals surface area (Å²) in [5.41, 5.74) is 6.83. The maximum atomic E-state index is 5.75. The third kappa shape index (κ3) is 2.15. The van der Waals surface area contributed by atoms with Crippen molar-refractivity contribution >= 4 is 43.2 Å². The second-order valence-corrected chi connectivity index (χ2v) is 5.79. The van der Waals surface area contributed by atoms with Crippen molar-refractivity contribution in [3.8, 4) is 0 Å².